The van der Waals surface area contributed by atoms with Crippen LogP contribution < -0.4 is 10.1 Å². The summed E-state index contributed by atoms with van der Waals surface area (Å²) in [4.78, 5) is 1.21. The number of rotatable bonds is 3. The molecule has 112 valence electrons. The zero-order valence-corrected chi connectivity index (χ0v) is 14.4. The molecule has 0 saturated carbocycles. The molecule has 1 aliphatic heterocycles. The van der Waals surface area contributed by atoms with Crippen molar-refractivity contribution in [3.05, 3.63) is 49.1 Å². The van der Waals surface area contributed by atoms with Crippen LogP contribution in [0.3, 0.4) is 0 Å². The Morgan fingerprint density at radius 3 is 2.81 bits per heavy atom. The number of halogens is 3. The van der Waals surface area contributed by atoms with E-state index in [9.17, 15) is 0 Å². The van der Waals surface area contributed by atoms with Crippen LogP contribution in [0.4, 0.5) is 0 Å². The normalized spacial score (nSPS) is 19.0. The van der Waals surface area contributed by atoms with Crippen molar-refractivity contribution in [1.82, 2.24) is 5.32 Å². The van der Waals surface area contributed by atoms with E-state index in [4.69, 9.17) is 39.5 Å². The third kappa shape index (κ3) is 3.33. The zero-order valence-electron chi connectivity index (χ0n) is 11.3. The summed E-state index contributed by atoms with van der Waals surface area (Å²) in [5.41, 5.74) is 1.02. The van der Waals surface area contributed by atoms with E-state index >= 15 is 0 Å². The van der Waals surface area contributed by atoms with Gasteiger partial charge in [-0.1, -0.05) is 34.8 Å². The van der Waals surface area contributed by atoms with Gasteiger partial charge in [0.05, 0.1) is 16.0 Å². The summed E-state index contributed by atoms with van der Waals surface area (Å²) < 4.78 is 6.48. The summed E-state index contributed by atoms with van der Waals surface area (Å²) in [5, 5.41) is 4.81. The molecule has 0 fully saturated rings. The van der Waals surface area contributed by atoms with Crippen molar-refractivity contribution in [3.8, 4) is 5.75 Å². The quantitative estimate of drug-likeness (QED) is 0.736. The van der Waals surface area contributed by atoms with Crippen LogP contribution >= 0.6 is 46.1 Å². The lowest BCUT2D eigenvalue weighted by Gasteiger charge is -2.30. The van der Waals surface area contributed by atoms with Crippen LogP contribution in [0.1, 0.15) is 35.9 Å². The Bertz CT molecular complexity index is 658. The first-order chi connectivity index (χ1) is 10.0. The summed E-state index contributed by atoms with van der Waals surface area (Å²) in [5.74, 6) is 0.737. The highest BCUT2D eigenvalue weighted by molar-refractivity contribution is 7.16. The number of ether oxygens (including phenoxy) is 1. The van der Waals surface area contributed by atoms with Gasteiger partial charge in [-0.15, -0.1) is 11.3 Å². The highest BCUT2D eigenvalue weighted by Gasteiger charge is 2.26. The summed E-state index contributed by atoms with van der Waals surface area (Å²) in [7, 11) is 0. The molecule has 1 aliphatic rings. The van der Waals surface area contributed by atoms with Gasteiger partial charge in [0, 0.05) is 34.0 Å². The van der Waals surface area contributed by atoms with E-state index in [1.54, 1.807) is 17.4 Å². The second-order valence-corrected chi connectivity index (χ2v) is 7.62. The molecule has 3 rings (SSSR count). The van der Waals surface area contributed by atoms with Crippen molar-refractivity contribution in [2.24, 2.45) is 0 Å². The molecule has 0 saturated heterocycles. The second kappa shape index (κ2) is 6.35. The first-order valence-electron chi connectivity index (χ1n) is 6.67. The molecule has 0 aliphatic carbocycles. The van der Waals surface area contributed by atoms with E-state index in [2.05, 4.69) is 18.3 Å². The Labute approximate surface area is 143 Å². The summed E-state index contributed by atoms with van der Waals surface area (Å²) in [6.45, 7) is 2.77. The van der Waals surface area contributed by atoms with Gasteiger partial charge in [0.1, 0.15) is 5.75 Å². The van der Waals surface area contributed by atoms with Crippen LogP contribution in [0.5, 0.6) is 5.75 Å². The number of thiophene rings is 1. The zero-order chi connectivity index (χ0) is 15.0. The topological polar surface area (TPSA) is 21.3 Å². The maximum Gasteiger partial charge on any atom is 0.142 e. The monoisotopic (exact) mass is 361 g/mol. The number of nitrogens with one attached hydrogen (secondary N) is 1. The van der Waals surface area contributed by atoms with E-state index in [0.29, 0.717) is 16.7 Å². The van der Waals surface area contributed by atoms with Crippen molar-refractivity contribution in [1.29, 1.82) is 0 Å². The molecule has 0 radical (unpaired) electrons. The molecule has 2 aromatic rings. The van der Waals surface area contributed by atoms with Crippen molar-refractivity contribution in [3.63, 3.8) is 0 Å². The average Bonchev–Trinajstić information content (AvgIpc) is 2.86. The Morgan fingerprint density at radius 2 is 2.10 bits per heavy atom. The van der Waals surface area contributed by atoms with E-state index in [1.807, 2.05) is 12.1 Å². The van der Waals surface area contributed by atoms with Crippen LogP contribution in [-0.4, -0.2) is 6.61 Å². The van der Waals surface area contributed by atoms with Crippen molar-refractivity contribution < 1.29 is 4.74 Å². The minimum absolute atomic E-state index is 0.167. The molecule has 0 amide bonds. The highest BCUT2D eigenvalue weighted by atomic mass is 35.5. The molecule has 6 heteroatoms. The molecule has 0 spiro atoms. The molecular weight excluding hydrogens is 349 g/mol. The molecular formula is C15H14Cl3NOS. The van der Waals surface area contributed by atoms with Crippen molar-refractivity contribution >= 4 is 46.1 Å². The van der Waals surface area contributed by atoms with Gasteiger partial charge >= 0.3 is 0 Å². The molecule has 2 nitrogen and oxygen atoms in total. The SMILES string of the molecule is CC(NC1CCOc2c(Cl)cc(Cl)cc21)c1ccc(Cl)s1. The molecule has 2 heterocycles. The van der Waals surface area contributed by atoms with Gasteiger partial charge in [-0.2, -0.15) is 0 Å². The predicted molar refractivity (Wildman–Crippen MR) is 90.2 cm³/mol. The fourth-order valence-electron chi connectivity index (χ4n) is 2.54. The van der Waals surface area contributed by atoms with Gasteiger partial charge in [-0.3, -0.25) is 0 Å². The van der Waals surface area contributed by atoms with Crippen molar-refractivity contribution in [2.75, 3.05) is 6.61 Å². The van der Waals surface area contributed by atoms with E-state index in [0.717, 1.165) is 22.1 Å². The smallest absolute Gasteiger partial charge is 0.142 e. The number of benzene rings is 1. The number of hydrogen-bond donors (Lipinski definition) is 1. The van der Waals surface area contributed by atoms with Crippen LogP contribution in [0, 0.1) is 0 Å². The number of hydrogen-bond acceptors (Lipinski definition) is 3. The highest BCUT2D eigenvalue weighted by Crippen LogP contribution is 2.41. The molecule has 1 N–H and O–H groups in total. The van der Waals surface area contributed by atoms with Gasteiger partial charge in [-0.25, -0.2) is 0 Å². The summed E-state index contributed by atoms with van der Waals surface area (Å²) in [6.07, 6.45) is 0.882. The molecule has 1 aromatic heterocycles. The van der Waals surface area contributed by atoms with E-state index < -0.39 is 0 Å². The first kappa shape index (κ1) is 15.4. The van der Waals surface area contributed by atoms with Gasteiger partial charge in [-0.05, 0) is 31.2 Å². The van der Waals surface area contributed by atoms with E-state index in [-0.39, 0.29) is 12.1 Å². The fourth-order valence-corrected chi connectivity index (χ4v) is 4.18. The third-order valence-corrected chi connectivity index (χ3v) is 5.45. The number of fused-ring (bicyclic) bond motifs is 1. The maximum absolute atomic E-state index is 6.22. The molecule has 21 heavy (non-hydrogen) atoms. The van der Waals surface area contributed by atoms with Gasteiger partial charge in [0.15, 0.2) is 0 Å². The van der Waals surface area contributed by atoms with Crippen LogP contribution in [0.25, 0.3) is 0 Å². The minimum atomic E-state index is 0.167. The Kier molecular flexibility index (Phi) is 4.67. The first-order valence-corrected chi connectivity index (χ1v) is 8.62. The minimum Gasteiger partial charge on any atom is -0.492 e. The lowest BCUT2D eigenvalue weighted by atomic mass is 9.99. The predicted octanol–water partition coefficient (Wildman–Crippen LogP) is 5.88. The molecule has 0 bridgehead atoms. The third-order valence-electron chi connectivity index (χ3n) is 3.54. The molecule has 2 unspecified atom stereocenters. The van der Waals surface area contributed by atoms with E-state index in [1.165, 1.54) is 4.88 Å². The maximum atomic E-state index is 6.22. The Hall–Kier alpha value is -0.450. The average molecular weight is 363 g/mol. The van der Waals surface area contributed by atoms with Crippen molar-refractivity contribution in [2.45, 2.75) is 25.4 Å². The molecule has 1 aromatic carbocycles. The lowest BCUT2D eigenvalue weighted by Crippen LogP contribution is -2.29. The Morgan fingerprint density at radius 1 is 1.29 bits per heavy atom. The Balaban J connectivity index is 1.85. The van der Waals surface area contributed by atoms with Crippen LogP contribution in [0.15, 0.2) is 24.3 Å². The largest absolute Gasteiger partial charge is 0.492 e. The van der Waals surface area contributed by atoms with Gasteiger partial charge < -0.3 is 10.1 Å². The van der Waals surface area contributed by atoms with Crippen LogP contribution in [0.2, 0.25) is 14.4 Å². The second-order valence-electron chi connectivity index (χ2n) is 5.03. The molecule has 2 atom stereocenters. The fraction of sp³-hybridized carbons (Fsp3) is 0.333. The van der Waals surface area contributed by atoms with Gasteiger partial charge in [0.2, 0.25) is 0 Å². The van der Waals surface area contributed by atoms with Crippen LogP contribution in [-0.2, 0) is 0 Å². The summed E-state index contributed by atoms with van der Waals surface area (Å²) in [6, 6.07) is 7.99. The van der Waals surface area contributed by atoms with Gasteiger partial charge in [0.25, 0.3) is 0 Å². The standard InChI is InChI=1S/C15H14Cl3NOS/c1-8(13-2-3-14(18)21-13)19-12-4-5-20-15-10(12)6-9(16)7-11(15)17/h2-3,6-8,12,19H,4-5H2,1H3. The summed E-state index contributed by atoms with van der Waals surface area (Å²) >= 11 is 19.9. The lowest BCUT2D eigenvalue weighted by molar-refractivity contribution is 0.246.